The summed E-state index contributed by atoms with van der Waals surface area (Å²) in [6.45, 7) is 3.80. The first-order valence-corrected chi connectivity index (χ1v) is 6.06. The Morgan fingerprint density at radius 3 is 2.19 bits per heavy atom. The average Bonchev–Trinajstić information content (AvgIpc) is 2.42. The number of nitro groups is 2. The van der Waals surface area contributed by atoms with Gasteiger partial charge in [0.25, 0.3) is 5.69 Å². The van der Waals surface area contributed by atoms with Crippen LogP contribution in [0.15, 0.2) is 36.4 Å². The van der Waals surface area contributed by atoms with Crippen LogP contribution in [0, 0.1) is 34.1 Å². The Morgan fingerprint density at radius 2 is 1.62 bits per heavy atom. The molecule has 0 saturated carbocycles. The van der Waals surface area contributed by atoms with Gasteiger partial charge in [-0.05, 0) is 37.1 Å². The molecule has 0 heterocycles. The molecule has 0 aromatic heterocycles. The molecule has 7 nitrogen and oxygen atoms in total. The Balaban J connectivity index is 2.45. The van der Waals surface area contributed by atoms with Crippen molar-refractivity contribution in [2.24, 2.45) is 0 Å². The van der Waals surface area contributed by atoms with Gasteiger partial charge in [0, 0.05) is 12.1 Å². The summed E-state index contributed by atoms with van der Waals surface area (Å²) in [6.07, 6.45) is 0. The lowest BCUT2D eigenvalue weighted by atomic mass is 10.1. The number of rotatable bonds is 4. The normalized spacial score (nSPS) is 10.2. The molecule has 108 valence electrons. The summed E-state index contributed by atoms with van der Waals surface area (Å²) in [5, 5.41) is 21.7. The molecule has 7 heteroatoms. The maximum absolute atomic E-state index is 11.0. The van der Waals surface area contributed by atoms with Crippen molar-refractivity contribution in [1.29, 1.82) is 0 Å². The molecule has 0 atom stereocenters. The second-order valence-electron chi connectivity index (χ2n) is 4.51. The van der Waals surface area contributed by atoms with E-state index in [2.05, 4.69) is 0 Å². The highest BCUT2D eigenvalue weighted by atomic mass is 16.6. The van der Waals surface area contributed by atoms with Crippen molar-refractivity contribution in [1.82, 2.24) is 0 Å². The van der Waals surface area contributed by atoms with E-state index in [0.29, 0.717) is 5.75 Å². The molecule has 2 aromatic rings. The van der Waals surface area contributed by atoms with E-state index in [-0.39, 0.29) is 17.1 Å². The molecule has 0 aliphatic carbocycles. The fourth-order valence-corrected chi connectivity index (χ4v) is 1.75. The highest BCUT2D eigenvalue weighted by Gasteiger charge is 2.20. The zero-order chi connectivity index (χ0) is 15.6. The largest absolute Gasteiger partial charge is 0.450 e. The van der Waals surface area contributed by atoms with Gasteiger partial charge < -0.3 is 4.74 Å². The van der Waals surface area contributed by atoms with Crippen LogP contribution < -0.4 is 4.74 Å². The van der Waals surface area contributed by atoms with Crippen molar-refractivity contribution in [3.8, 4) is 11.5 Å². The van der Waals surface area contributed by atoms with E-state index >= 15 is 0 Å². The number of nitro benzene ring substituents is 2. The first-order chi connectivity index (χ1) is 9.88. The van der Waals surface area contributed by atoms with Gasteiger partial charge in [-0.25, -0.2) is 0 Å². The number of hydrogen-bond acceptors (Lipinski definition) is 5. The number of ether oxygens (including phenoxy) is 1. The minimum atomic E-state index is -0.639. The summed E-state index contributed by atoms with van der Waals surface area (Å²) >= 11 is 0. The van der Waals surface area contributed by atoms with Gasteiger partial charge in [0.15, 0.2) is 0 Å². The summed E-state index contributed by atoms with van der Waals surface area (Å²) in [4.78, 5) is 20.5. The van der Waals surface area contributed by atoms with Crippen molar-refractivity contribution >= 4 is 11.4 Å². The quantitative estimate of drug-likeness (QED) is 0.627. The van der Waals surface area contributed by atoms with Crippen LogP contribution in [-0.4, -0.2) is 9.85 Å². The molecular formula is C14H12N2O5. The van der Waals surface area contributed by atoms with E-state index in [1.165, 1.54) is 0 Å². The van der Waals surface area contributed by atoms with Crippen LogP contribution in [0.3, 0.4) is 0 Å². The summed E-state index contributed by atoms with van der Waals surface area (Å²) in [6, 6.07) is 8.38. The Kier molecular flexibility index (Phi) is 3.84. The zero-order valence-electron chi connectivity index (χ0n) is 11.4. The van der Waals surface area contributed by atoms with Crippen LogP contribution in [0.5, 0.6) is 11.5 Å². The molecule has 0 unspecified atom stereocenters. The molecule has 2 rings (SSSR count). The van der Waals surface area contributed by atoms with Crippen molar-refractivity contribution in [2.45, 2.75) is 13.8 Å². The molecule has 21 heavy (non-hydrogen) atoms. The number of non-ortho nitro benzene ring substituents is 1. The van der Waals surface area contributed by atoms with Gasteiger partial charge >= 0.3 is 5.69 Å². The highest BCUT2D eigenvalue weighted by Crippen LogP contribution is 2.34. The molecule has 0 radical (unpaired) electrons. The van der Waals surface area contributed by atoms with Gasteiger partial charge in [0.1, 0.15) is 5.75 Å². The molecule has 2 aromatic carbocycles. The van der Waals surface area contributed by atoms with Crippen LogP contribution in [0.25, 0.3) is 0 Å². The third-order valence-electron chi connectivity index (χ3n) is 3.06. The standard InChI is InChI=1S/C14H12N2O5/c1-9-3-5-12(7-10(9)2)21-14-8-11(15(17)18)4-6-13(14)16(19)20/h3-8H,1-2H3. The third-order valence-corrected chi connectivity index (χ3v) is 3.06. The van der Waals surface area contributed by atoms with Crippen LogP contribution in [0.1, 0.15) is 11.1 Å². The molecule has 0 aliphatic heterocycles. The smallest absolute Gasteiger partial charge is 0.312 e. The third kappa shape index (κ3) is 3.14. The molecule has 0 amide bonds. The summed E-state index contributed by atoms with van der Waals surface area (Å²) in [5.41, 5.74) is 1.43. The Bertz CT molecular complexity index is 727. The first kappa shape index (κ1) is 14.4. The molecular weight excluding hydrogens is 276 g/mol. The molecule has 0 spiro atoms. The SMILES string of the molecule is Cc1ccc(Oc2cc([N+](=O)[O-])ccc2[N+](=O)[O-])cc1C. The van der Waals surface area contributed by atoms with Crippen LogP contribution in [0.4, 0.5) is 11.4 Å². The van der Waals surface area contributed by atoms with E-state index in [1.54, 1.807) is 12.1 Å². The Hall–Kier alpha value is -2.96. The highest BCUT2D eigenvalue weighted by molar-refractivity contribution is 5.54. The van der Waals surface area contributed by atoms with Gasteiger partial charge in [0.2, 0.25) is 5.75 Å². The summed E-state index contributed by atoms with van der Waals surface area (Å²) < 4.78 is 5.45. The summed E-state index contributed by atoms with van der Waals surface area (Å²) in [5.74, 6) is 0.235. The van der Waals surface area contributed by atoms with Crippen molar-refractivity contribution in [2.75, 3.05) is 0 Å². The topological polar surface area (TPSA) is 95.5 Å². The Morgan fingerprint density at radius 1 is 0.905 bits per heavy atom. The molecule has 0 N–H and O–H groups in total. The second kappa shape index (κ2) is 5.58. The van der Waals surface area contributed by atoms with Crippen molar-refractivity contribution in [3.63, 3.8) is 0 Å². The number of aryl methyl sites for hydroxylation is 2. The monoisotopic (exact) mass is 288 g/mol. The van der Waals surface area contributed by atoms with Gasteiger partial charge in [-0.1, -0.05) is 6.07 Å². The van der Waals surface area contributed by atoms with Gasteiger partial charge in [-0.3, -0.25) is 20.2 Å². The van der Waals surface area contributed by atoms with Crippen molar-refractivity contribution in [3.05, 3.63) is 67.8 Å². The maximum atomic E-state index is 11.0. The molecule has 0 fully saturated rings. The average molecular weight is 288 g/mol. The fraction of sp³-hybridized carbons (Fsp3) is 0.143. The molecule has 0 aliphatic rings. The number of nitrogens with zero attached hydrogens (tertiary/aromatic N) is 2. The van der Waals surface area contributed by atoms with E-state index in [9.17, 15) is 20.2 Å². The lowest BCUT2D eigenvalue weighted by molar-refractivity contribution is -0.389. The minimum Gasteiger partial charge on any atom is -0.450 e. The predicted octanol–water partition coefficient (Wildman–Crippen LogP) is 3.91. The molecule has 0 bridgehead atoms. The first-order valence-electron chi connectivity index (χ1n) is 6.06. The van der Waals surface area contributed by atoms with Crippen LogP contribution in [-0.2, 0) is 0 Å². The number of hydrogen-bond donors (Lipinski definition) is 0. The van der Waals surface area contributed by atoms with Gasteiger partial charge in [-0.2, -0.15) is 0 Å². The van der Waals surface area contributed by atoms with E-state index in [4.69, 9.17) is 4.74 Å². The lowest BCUT2D eigenvalue weighted by Gasteiger charge is -2.08. The van der Waals surface area contributed by atoms with Crippen molar-refractivity contribution < 1.29 is 14.6 Å². The Labute approximate surface area is 120 Å². The fourth-order valence-electron chi connectivity index (χ4n) is 1.75. The second-order valence-corrected chi connectivity index (χ2v) is 4.51. The number of benzene rings is 2. The van der Waals surface area contributed by atoms with Gasteiger partial charge in [-0.15, -0.1) is 0 Å². The van der Waals surface area contributed by atoms with E-state index < -0.39 is 9.85 Å². The van der Waals surface area contributed by atoms with E-state index in [1.807, 2.05) is 19.9 Å². The predicted molar refractivity (Wildman–Crippen MR) is 75.7 cm³/mol. The van der Waals surface area contributed by atoms with Gasteiger partial charge in [0.05, 0.1) is 15.9 Å². The maximum Gasteiger partial charge on any atom is 0.312 e. The van der Waals surface area contributed by atoms with E-state index in [0.717, 1.165) is 29.3 Å². The van der Waals surface area contributed by atoms with Crippen LogP contribution >= 0.6 is 0 Å². The zero-order valence-corrected chi connectivity index (χ0v) is 11.4. The minimum absolute atomic E-state index is 0.155. The lowest BCUT2D eigenvalue weighted by Crippen LogP contribution is -1.96. The molecule has 0 saturated heterocycles. The van der Waals surface area contributed by atoms with Crippen LogP contribution in [0.2, 0.25) is 0 Å². The summed E-state index contributed by atoms with van der Waals surface area (Å²) in [7, 11) is 0.